The van der Waals surface area contributed by atoms with E-state index in [-0.39, 0.29) is 5.91 Å². The fraction of sp³-hybridized carbons (Fsp3) is 0.467. The van der Waals surface area contributed by atoms with Crippen molar-refractivity contribution in [1.29, 1.82) is 0 Å². The number of amides is 1. The number of sulfonamides is 1. The summed E-state index contributed by atoms with van der Waals surface area (Å²) in [6.45, 7) is 0.890. The third-order valence-corrected chi connectivity index (χ3v) is 6.29. The van der Waals surface area contributed by atoms with E-state index in [2.05, 4.69) is 10.3 Å². The smallest absolute Gasteiger partial charge is 0.238 e. The largest absolute Gasteiger partial charge is 0.354 e. The third-order valence-electron chi connectivity index (χ3n) is 3.91. The molecule has 124 valence electrons. The van der Waals surface area contributed by atoms with Crippen LogP contribution in [0.3, 0.4) is 0 Å². The lowest BCUT2D eigenvalue weighted by Gasteiger charge is -2.21. The molecule has 0 bridgehead atoms. The number of aromatic nitrogens is 1. The maximum atomic E-state index is 12.2. The molecule has 1 atom stereocenters. The number of nitrogens with one attached hydrogen (secondary N) is 1. The molecule has 23 heavy (non-hydrogen) atoms. The van der Waals surface area contributed by atoms with Crippen LogP contribution in [0.5, 0.6) is 0 Å². The van der Waals surface area contributed by atoms with Crippen molar-refractivity contribution in [1.82, 2.24) is 14.6 Å². The lowest BCUT2D eigenvalue weighted by molar-refractivity contribution is -0.124. The Bertz CT molecular complexity index is 783. The molecule has 1 saturated heterocycles. The van der Waals surface area contributed by atoms with Crippen LogP contribution in [0, 0.1) is 0 Å². The first-order chi connectivity index (χ1) is 10.9. The first kappa shape index (κ1) is 16.4. The van der Waals surface area contributed by atoms with Crippen molar-refractivity contribution in [3.8, 4) is 0 Å². The second kappa shape index (κ2) is 6.54. The first-order valence-corrected chi connectivity index (χ1v) is 10.2. The normalized spacial score (nSPS) is 19.3. The van der Waals surface area contributed by atoms with Gasteiger partial charge in [-0.3, -0.25) is 4.79 Å². The summed E-state index contributed by atoms with van der Waals surface area (Å²) in [5.74, 6) is -0.214. The lowest BCUT2D eigenvalue weighted by atomic mass is 10.2. The van der Waals surface area contributed by atoms with Crippen LogP contribution in [-0.2, 0) is 21.2 Å². The van der Waals surface area contributed by atoms with E-state index in [1.54, 1.807) is 11.3 Å². The monoisotopic (exact) mass is 353 g/mol. The average Bonchev–Trinajstić information content (AvgIpc) is 3.13. The zero-order valence-corrected chi connectivity index (χ0v) is 14.5. The van der Waals surface area contributed by atoms with Gasteiger partial charge in [-0.05, 0) is 25.0 Å². The van der Waals surface area contributed by atoms with E-state index in [1.165, 1.54) is 4.31 Å². The summed E-state index contributed by atoms with van der Waals surface area (Å²) in [6, 6.07) is 7.35. The molecular weight excluding hydrogens is 334 g/mol. The Kier molecular flexibility index (Phi) is 4.65. The van der Waals surface area contributed by atoms with Gasteiger partial charge in [0.05, 0.1) is 21.5 Å². The highest BCUT2D eigenvalue weighted by atomic mass is 32.2. The maximum absolute atomic E-state index is 12.2. The number of fused-ring (bicyclic) bond motifs is 1. The number of thiazole rings is 1. The Morgan fingerprint density at radius 1 is 1.43 bits per heavy atom. The molecule has 0 spiro atoms. The number of rotatable bonds is 5. The topological polar surface area (TPSA) is 79.4 Å². The molecule has 3 rings (SSSR count). The molecule has 1 aliphatic heterocycles. The molecule has 0 saturated carbocycles. The third kappa shape index (κ3) is 3.70. The molecule has 2 aromatic rings. The lowest BCUT2D eigenvalue weighted by Crippen LogP contribution is -2.45. The highest BCUT2D eigenvalue weighted by Crippen LogP contribution is 2.22. The average molecular weight is 353 g/mol. The first-order valence-electron chi connectivity index (χ1n) is 7.54. The maximum Gasteiger partial charge on any atom is 0.238 e. The van der Waals surface area contributed by atoms with Crippen LogP contribution in [0.25, 0.3) is 10.2 Å². The van der Waals surface area contributed by atoms with Crippen LogP contribution < -0.4 is 5.32 Å². The Morgan fingerprint density at radius 2 is 2.22 bits per heavy atom. The number of para-hydroxylation sites is 1. The molecule has 1 N–H and O–H groups in total. The quantitative estimate of drug-likeness (QED) is 0.881. The minimum absolute atomic E-state index is 0.214. The number of carbonyl (C=O) groups is 1. The van der Waals surface area contributed by atoms with Gasteiger partial charge in [0, 0.05) is 19.5 Å². The van der Waals surface area contributed by atoms with Gasteiger partial charge in [-0.15, -0.1) is 11.3 Å². The van der Waals surface area contributed by atoms with E-state index in [0.717, 1.165) is 27.9 Å². The molecule has 1 aromatic heterocycles. The highest BCUT2D eigenvalue weighted by Gasteiger charge is 2.36. The summed E-state index contributed by atoms with van der Waals surface area (Å²) in [6.07, 6.45) is 3.11. The number of carbonyl (C=O) groups excluding carboxylic acids is 1. The molecule has 1 aliphatic rings. The summed E-state index contributed by atoms with van der Waals surface area (Å²) < 4.78 is 25.8. The second-order valence-electron chi connectivity index (χ2n) is 5.65. The van der Waals surface area contributed by atoms with E-state index in [1.807, 2.05) is 24.3 Å². The minimum Gasteiger partial charge on any atom is -0.354 e. The molecule has 1 aromatic carbocycles. The molecule has 6 nitrogen and oxygen atoms in total. The second-order valence-corrected chi connectivity index (χ2v) is 8.70. The van der Waals surface area contributed by atoms with Crippen LogP contribution in [0.4, 0.5) is 0 Å². The van der Waals surface area contributed by atoms with E-state index in [0.29, 0.717) is 25.9 Å². The number of nitrogens with zero attached hydrogens (tertiary/aromatic N) is 2. The number of hydrogen-bond acceptors (Lipinski definition) is 5. The summed E-state index contributed by atoms with van der Waals surface area (Å²) in [5, 5.41) is 3.81. The van der Waals surface area contributed by atoms with Crippen molar-refractivity contribution in [3.63, 3.8) is 0 Å². The molecular formula is C15H19N3O3S2. The van der Waals surface area contributed by atoms with Gasteiger partial charge >= 0.3 is 0 Å². The predicted molar refractivity (Wildman–Crippen MR) is 90.9 cm³/mol. The van der Waals surface area contributed by atoms with Crippen molar-refractivity contribution in [2.24, 2.45) is 0 Å². The Labute approximate surface area is 139 Å². The number of hydrogen-bond donors (Lipinski definition) is 1. The van der Waals surface area contributed by atoms with Gasteiger partial charge in [-0.2, -0.15) is 4.31 Å². The van der Waals surface area contributed by atoms with Crippen LogP contribution >= 0.6 is 11.3 Å². The van der Waals surface area contributed by atoms with Gasteiger partial charge in [0.2, 0.25) is 15.9 Å². The Morgan fingerprint density at radius 3 is 2.96 bits per heavy atom. The molecule has 0 radical (unpaired) electrons. The molecule has 1 fully saturated rings. The van der Waals surface area contributed by atoms with Gasteiger partial charge in [-0.1, -0.05) is 12.1 Å². The van der Waals surface area contributed by atoms with Crippen LogP contribution in [-0.4, -0.2) is 49.0 Å². The minimum atomic E-state index is -3.33. The molecule has 1 amide bonds. The molecule has 0 aliphatic carbocycles. The Balaban J connectivity index is 1.57. The SMILES string of the molecule is CS(=O)(=O)N1CCCC1C(=O)NCCc1nc2ccccc2s1. The van der Waals surface area contributed by atoms with Crippen LogP contribution in [0.15, 0.2) is 24.3 Å². The van der Waals surface area contributed by atoms with Crippen LogP contribution in [0.2, 0.25) is 0 Å². The zero-order valence-electron chi connectivity index (χ0n) is 12.9. The summed E-state index contributed by atoms with van der Waals surface area (Å²) in [7, 11) is -3.33. The van der Waals surface area contributed by atoms with Crippen LogP contribution in [0.1, 0.15) is 17.8 Å². The fourth-order valence-electron chi connectivity index (χ4n) is 2.84. The molecule has 8 heteroatoms. The van der Waals surface area contributed by atoms with Gasteiger partial charge in [-0.25, -0.2) is 13.4 Å². The van der Waals surface area contributed by atoms with Gasteiger partial charge in [0.15, 0.2) is 0 Å². The van der Waals surface area contributed by atoms with Crippen molar-refractivity contribution in [2.75, 3.05) is 19.3 Å². The zero-order chi connectivity index (χ0) is 16.4. The van der Waals surface area contributed by atoms with Gasteiger partial charge < -0.3 is 5.32 Å². The molecule has 2 heterocycles. The molecule has 1 unspecified atom stereocenters. The summed E-state index contributed by atoms with van der Waals surface area (Å²) in [4.78, 5) is 16.8. The standard InChI is InChI=1S/C15H19N3O3S2/c1-23(20,21)18-10-4-6-12(18)15(19)16-9-8-14-17-11-5-2-3-7-13(11)22-14/h2-3,5,7,12H,4,6,8-10H2,1H3,(H,16,19). The summed E-state index contributed by atoms with van der Waals surface area (Å²) >= 11 is 1.62. The van der Waals surface area contributed by atoms with Gasteiger partial charge in [0.25, 0.3) is 0 Å². The highest BCUT2D eigenvalue weighted by molar-refractivity contribution is 7.88. The van der Waals surface area contributed by atoms with E-state index in [4.69, 9.17) is 0 Å². The fourth-order valence-corrected chi connectivity index (χ4v) is 4.93. The predicted octanol–water partition coefficient (Wildman–Crippen LogP) is 1.38. The number of benzene rings is 1. The van der Waals surface area contributed by atoms with Crippen molar-refractivity contribution in [3.05, 3.63) is 29.3 Å². The van der Waals surface area contributed by atoms with E-state index in [9.17, 15) is 13.2 Å². The van der Waals surface area contributed by atoms with Crippen molar-refractivity contribution in [2.45, 2.75) is 25.3 Å². The van der Waals surface area contributed by atoms with Gasteiger partial charge in [0.1, 0.15) is 6.04 Å². The van der Waals surface area contributed by atoms with Crippen molar-refractivity contribution < 1.29 is 13.2 Å². The van der Waals surface area contributed by atoms with E-state index < -0.39 is 16.1 Å². The van der Waals surface area contributed by atoms with E-state index >= 15 is 0 Å². The van der Waals surface area contributed by atoms with Crippen molar-refractivity contribution >= 4 is 37.5 Å². The summed E-state index contributed by atoms with van der Waals surface area (Å²) in [5.41, 5.74) is 0.970. The Hall–Kier alpha value is -1.51.